The summed E-state index contributed by atoms with van der Waals surface area (Å²) in [6.07, 6.45) is 0.283. The van der Waals surface area contributed by atoms with Crippen molar-refractivity contribution in [1.29, 1.82) is 0 Å². The van der Waals surface area contributed by atoms with Crippen LogP contribution < -0.4 is 70.8 Å². The molecule has 1 heterocycles. The van der Waals surface area contributed by atoms with Crippen molar-refractivity contribution in [3.05, 3.63) is 47.7 Å². The number of carboxylic acids is 1. The Balaban J connectivity index is 2.78. The Morgan fingerprint density at radius 2 is 1.13 bits per heavy atom. The molecule has 9 amide bonds. The van der Waals surface area contributed by atoms with Gasteiger partial charge in [0.1, 0.15) is 60.6 Å². The maximum Gasteiger partial charge on any atom is 0.335 e. The molecule has 31 nitrogen and oxygen atoms in total. The lowest BCUT2D eigenvalue weighted by Gasteiger charge is -2.28. The Morgan fingerprint density at radius 1 is 0.631 bits per heavy atom. The largest absolute Gasteiger partial charge is 0.479 e. The number of aliphatic hydroxyl groups is 4. The monoisotopic (exact) mass is 1190 g/mol. The van der Waals surface area contributed by atoms with Gasteiger partial charge in [0.05, 0.1) is 25.2 Å². The van der Waals surface area contributed by atoms with Crippen LogP contribution in [0.5, 0.6) is 0 Å². The third kappa shape index (κ3) is 26.2. The lowest BCUT2D eigenvalue weighted by atomic mass is 10.0. The van der Waals surface area contributed by atoms with Crippen molar-refractivity contribution in [2.45, 2.75) is 177 Å². The molecule has 0 bridgehead atoms. The molecule has 1 aliphatic heterocycles. The summed E-state index contributed by atoms with van der Waals surface area (Å²) in [5.74, 6) is -14.6. The quantitative estimate of drug-likeness (QED) is 0.0135. The van der Waals surface area contributed by atoms with Crippen molar-refractivity contribution >= 4 is 71.1 Å². The molecule has 0 radical (unpaired) electrons. The van der Waals surface area contributed by atoms with Crippen LogP contribution in [-0.4, -0.2) is 196 Å². The highest BCUT2D eigenvalue weighted by Crippen LogP contribution is 2.13. The van der Waals surface area contributed by atoms with Crippen LogP contribution in [-0.2, 0) is 63.9 Å². The molecular formula is C53H86N14O17. The van der Waals surface area contributed by atoms with E-state index in [9.17, 15) is 78.3 Å². The van der Waals surface area contributed by atoms with Crippen LogP contribution in [0.4, 0.5) is 0 Å². The number of benzene rings is 1. The molecule has 470 valence electrons. The van der Waals surface area contributed by atoms with Gasteiger partial charge >= 0.3 is 11.9 Å². The number of hydrogen-bond acceptors (Lipinski definition) is 19. The smallest absolute Gasteiger partial charge is 0.335 e. The molecule has 2 unspecified atom stereocenters. The number of nitrogens with zero attached hydrogens (tertiary/aromatic N) is 1. The van der Waals surface area contributed by atoms with Crippen LogP contribution >= 0.6 is 0 Å². The normalized spacial score (nSPS) is 23.7. The number of carbonyl (C=O) groups excluding carboxylic acids is 10. The molecule has 1 aromatic rings. The van der Waals surface area contributed by atoms with Gasteiger partial charge in [0.2, 0.25) is 47.3 Å². The predicted molar refractivity (Wildman–Crippen MR) is 301 cm³/mol. The van der Waals surface area contributed by atoms with E-state index >= 15 is 0 Å². The summed E-state index contributed by atoms with van der Waals surface area (Å²) in [7, 11) is 0. The number of guanidine groups is 1. The molecule has 1 saturated heterocycles. The summed E-state index contributed by atoms with van der Waals surface area (Å²) >= 11 is 0. The van der Waals surface area contributed by atoms with Gasteiger partial charge in [-0.15, -0.1) is 0 Å². The number of ether oxygens (including phenoxy) is 1. The highest BCUT2D eigenvalue weighted by atomic mass is 16.5. The van der Waals surface area contributed by atoms with Crippen molar-refractivity contribution in [3.8, 4) is 0 Å². The summed E-state index contributed by atoms with van der Waals surface area (Å²) in [6.45, 7) is 1.52. The van der Waals surface area contributed by atoms with E-state index in [2.05, 4.69) is 49.1 Å². The molecule has 31 heteroatoms. The number of carbonyl (C=O) groups is 11. The fourth-order valence-corrected chi connectivity index (χ4v) is 8.35. The van der Waals surface area contributed by atoms with E-state index in [0.29, 0.717) is 12.0 Å². The molecule has 2 rings (SSSR count). The highest BCUT2D eigenvalue weighted by Gasteiger charge is 2.40. The second-order valence-electron chi connectivity index (χ2n) is 19.9. The Kier molecular flexibility index (Phi) is 33.4. The molecule has 22 N–H and O–H groups in total. The van der Waals surface area contributed by atoms with Gasteiger partial charge in [-0.05, 0) is 64.6 Å². The standard InChI is InChI=1S/C53H86N14O17/c1-4-6-7-8-9-10-14-18-31(70)26-39(71)84-28-38-49(79)64-37(27-68)48(78)62-35(21-23-55)46(76)61-34(20-22-54)45(75)60-33(19-15-24-58-53(56)57)44(74)63-36(25-30-16-12-11-13-17-30)47(77)59-32(5-2)43(73)67-41(42(72)52(82)83)51(81)66-40(29(3)69)50(80)65-38/h5,11-13,16-17,29,31,33-38,40-42,68-70,72H,4,6-10,14-15,18-28,54-55H2,1-3H3,(H,59,77)(H,60,75)(H,61,76)(H,62,78)(H,63,74)(H,64,79)(H,65,80)(H,66,81)(H,67,73)(H,82,83)(H4,56,57,58)/b32-5-/t29-,31?,33+,34+,35+,36+,37+,38+,40+,41+,42?/m1/s1. The van der Waals surface area contributed by atoms with Crippen LogP contribution in [0.25, 0.3) is 0 Å². The van der Waals surface area contributed by atoms with Gasteiger partial charge in [-0.2, -0.15) is 0 Å². The van der Waals surface area contributed by atoms with Gasteiger partial charge in [-0.3, -0.25) is 52.9 Å². The number of aliphatic imine (C=N–C) groups is 1. The Bertz CT molecular complexity index is 2410. The van der Waals surface area contributed by atoms with Crippen LogP contribution in [0.2, 0.25) is 0 Å². The first-order valence-electron chi connectivity index (χ1n) is 27.8. The van der Waals surface area contributed by atoms with Crippen LogP contribution in [0.1, 0.15) is 110 Å². The predicted octanol–water partition coefficient (Wildman–Crippen LogP) is -5.85. The molecule has 0 aromatic heterocycles. The number of nitrogens with one attached hydrogen (secondary N) is 9. The third-order valence-corrected chi connectivity index (χ3v) is 13.1. The summed E-state index contributed by atoms with van der Waals surface area (Å²) < 4.78 is 5.27. The minimum Gasteiger partial charge on any atom is -0.479 e. The Hall–Kier alpha value is -7.84. The minimum atomic E-state index is -2.79. The summed E-state index contributed by atoms with van der Waals surface area (Å²) in [6, 6.07) is -6.82. The zero-order valence-electron chi connectivity index (χ0n) is 47.6. The average molecular weight is 1190 g/mol. The number of unbranched alkanes of at least 4 members (excludes halogenated alkanes) is 6. The SMILES string of the molecule is C/C=C1\NC(=O)[C@H](Cc2ccccc2)NC(=O)[C@H](CCCN=C(N)N)NC(=O)[C@H](CCN)NC(=O)[C@H](CCN)NC(=O)[C@H](CO)NC(=O)[C@H](COC(=O)CC(O)CCCCCCCCC)NC(=O)[C@H]([C@@H](C)O)NC(=O)[C@H](C(O)C(=O)O)NC1=O. The molecule has 84 heavy (non-hydrogen) atoms. The molecule has 0 spiro atoms. The van der Waals surface area contributed by atoms with Crippen molar-refractivity contribution in [2.24, 2.45) is 27.9 Å². The van der Waals surface area contributed by atoms with E-state index in [1.54, 1.807) is 30.3 Å². The molecule has 0 aliphatic carbocycles. The molecule has 0 saturated carbocycles. The highest BCUT2D eigenvalue weighted by molar-refractivity contribution is 6.03. The van der Waals surface area contributed by atoms with Gasteiger partial charge in [0.25, 0.3) is 5.91 Å². The van der Waals surface area contributed by atoms with Gasteiger partial charge in [0, 0.05) is 13.0 Å². The van der Waals surface area contributed by atoms with E-state index in [0.717, 1.165) is 51.5 Å². The number of aliphatic carboxylic acids is 1. The number of hydrogen-bond donors (Lipinski definition) is 18. The minimum absolute atomic E-state index is 0.0460. The summed E-state index contributed by atoms with van der Waals surface area (Å²) in [4.78, 5) is 156. The number of amides is 9. The first-order valence-corrected chi connectivity index (χ1v) is 27.8. The molecule has 1 fully saturated rings. The van der Waals surface area contributed by atoms with E-state index in [4.69, 9.17) is 27.7 Å². The van der Waals surface area contributed by atoms with Crippen molar-refractivity contribution in [2.75, 3.05) is 32.8 Å². The Morgan fingerprint density at radius 3 is 1.65 bits per heavy atom. The van der Waals surface area contributed by atoms with Crippen molar-refractivity contribution < 1.29 is 83.0 Å². The zero-order chi connectivity index (χ0) is 62.9. The molecule has 1 aromatic carbocycles. The van der Waals surface area contributed by atoms with Gasteiger partial charge in [-0.25, -0.2) is 4.79 Å². The lowest BCUT2D eigenvalue weighted by molar-refractivity contribution is -0.152. The second kappa shape index (κ2) is 38.8. The maximum absolute atomic E-state index is 14.3. The number of aliphatic hydroxyl groups excluding tert-OH is 4. The van der Waals surface area contributed by atoms with Crippen LogP contribution in [0.3, 0.4) is 0 Å². The molecule has 11 atom stereocenters. The van der Waals surface area contributed by atoms with Gasteiger partial charge < -0.3 is 101 Å². The average Bonchev–Trinajstić information content (AvgIpc) is 3.54. The van der Waals surface area contributed by atoms with Crippen LogP contribution in [0.15, 0.2) is 47.1 Å². The number of rotatable bonds is 26. The molecular weight excluding hydrogens is 1100 g/mol. The number of esters is 1. The van der Waals surface area contributed by atoms with Crippen molar-refractivity contribution in [1.82, 2.24) is 47.9 Å². The molecule has 1 aliphatic rings. The van der Waals surface area contributed by atoms with Crippen molar-refractivity contribution in [3.63, 3.8) is 0 Å². The first kappa shape index (κ1) is 72.3. The van der Waals surface area contributed by atoms with Gasteiger partial charge in [0.15, 0.2) is 12.1 Å². The van der Waals surface area contributed by atoms with E-state index in [1.807, 2.05) is 10.6 Å². The third-order valence-electron chi connectivity index (χ3n) is 13.1. The fraction of sp³-hybridized carbons (Fsp3) is 0.623. The zero-order valence-corrected chi connectivity index (χ0v) is 47.6. The number of carboxylic acid groups (broad SMARTS) is 1. The summed E-state index contributed by atoms with van der Waals surface area (Å²) in [5.41, 5.74) is 22.4. The number of nitrogens with two attached hydrogens (primary N) is 4. The van der Waals surface area contributed by atoms with E-state index in [1.165, 1.54) is 6.92 Å². The Labute approximate surface area is 486 Å². The first-order chi connectivity index (χ1) is 39.9. The second-order valence-corrected chi connectivity index (χ2v) is 19.9. The maximum atomic E-state index is 14.3. The lowest BCUT2D eigenvalue weighted by Crippen LogP contribution is -2.64. The number of allylic oxidation sites excluding steroid dienone is 1. The fourth-order valence-electron chi connectivity index (χ4n) is 8.35. The topological polar surface area (TPSA) is 523 Å². The van der Waals surface area contributed by atoms with Gasteiger partial charge in [-0.1, -0.05) is 88.3 Å². The van der Waals surface area contributed by atoms with E-state index in [-0.39, 0.29) is 64.1 Å². The van der Waals surface area contributed by atoms with E-state index < -0.39 is 157 Å². The summed E-state index contributed by atoms with van der Waals surface area (Å²) in [5, 5.41) is 72.9. The van der Waals surface area contributed by atoms with Crippen LogP contribution in [0, 0.1) is 0 Å².